The van der Waals surface area contributed by atoms with Crippen molar-refractivity contribution in [3.63, 3.8) is 0 Å². The SMILES string of the molecule is O=C(COc1ccccc1[N+](=O)[O-])OCc1cccc(Br)c1. The summed E-state index contributed by atoms with van der Waals surface area (Å²) in [5, 5.41) is 10.8. The Bertz CT molecular complexity index is 689. The van der Waals surface area contributed by atoms with Crippen LogP contribution in [-0.2, 0) is 16.1 Å². The van der Waals surface area contributed by atoms with E-state index in [4.69, 9.17) is 9.47 Å². The lowest BCUT2D eigenvalue weighted by Gasteiger charge is -2.07. The average Bonchev–Trinajstić information content (AvgIpc) is 2.51. The molecule has 0 N–H and O–H groups in total. The molecule has 0 fully saturated rings. The number of rotatable bonds is 6. The second-order valence-corrected chi connectivity index (χ2v) is 5.22. The lowest BCUT2D eigenvalue weighted by molar-refractivity contribution is -0.385. The zero-order chi connectivity index (χ0) is 15.9. The fourth-order valence-corrected chi connectivity index (χ4v) is 2.15. The maximum absolute atomic E-state index is 11.6. The second-order valence-electron chi connectivity index (χ2n) is 4.30. The maximum atomic E-state index is 11.6. The Balaban J connectivity index is 1.87. The fraction of sp³-hybridized carbons (Fsp3) is 0.133. The molecule has 0 radical (unpaired) electrons. The number of nitrogens with zero attached hydrogens (tertiary/aromatic N) is 1. The van der Waals surface area contributed by atoms with Crippen LogP contribution in [0.2, 0.25) is 0 Å². The van der Waals surface area contributed by atoms with E-state index in [0.717, 1.165) is 10.0 Å². The number of nitro groups is 1. The van der Waals surface area contributed by atoms with Crippen LogP contribution in [0.3, 0.4) is 0 Å². The Morgan fingerprint density at radius 3 is 2.68 bits per heavy atom. The molecule has 22 heavy (non-hydrogen) atoms. The van der Waals surface area contributed by atoms with E-state index < -0.39 is 17.5 Å². The van der Waals surface area contributed by atoms with E-state index >= 15 is 0 Å². The molecule has 0 aliphatic rings. The highest BCUT2D eigenvalue weighted by molar-refractivity contribution is 9.10. The molecule has 7 heteroatoms. The topological polar surface area (TPSA) is 78.7 Å². The smallest absolute Gasteiger partial charge is 0.344 e. The first kappa shape index (κ1) is 16.0. The van der Waals surface area contributed by atoms with Gasteiger partial charge in [-0.1, -0.05) is 40.2 Å². The molecule has 0 amide bonds. The summed E-state index contributed by atoms with van der Waals surface area (Å²) >= 11 is 3.32. The summed E-state index contributed by atoms with van der Waals surface area (Å²) in [6.07, 6.45) is 0. The Morgan fingerprint density at radius 1 is 1.18 bits per heavy atom. The second kappa shape index (κ2) is 7.56. The van der Waals surface area contributed by atoms with Crippen molar-refractivity contribution in [1.29, 1.82) is 0 Å². The molecule has 2 aromatic carbocycles. The van der Waals surface area contributed by atoms with Crippen molar-refractivity contribution < 1.29 is 19.2 Å². The summed E-state index contributed by atoms with van der Waals surface area (Å²) in [6, 6.07) is 13.2. The number of carbonyl (C=O) groups excluding carboxylic acids is 1. The number of nitro benzene ring substituents is 1. The van der Waals surface area contributed by atoms with Gasteiger partial charge in [-0.3, -0.25) is 10.1 Å². The van der Waals surface area contributed by atoms with E-state index in [9.17, 15) is 14.9 Å². The molecule has 6 nitrogen and oxygen atoms in total. The first-order valence-corrected chi connectivity index (χ1v) is 7.12. The van der Waals surface area contributed by atoms with Gasteiger partial charge in [-0.2, -0.15) is 0 Å². The minimum atomic E-state index is -0.599. The summed E-state index contributed by atoms with van der Waals surface area (Å²) in [6.45, 7) is -0.280. The molecule has 0 aliphatic carbocycles. The van der Waals surface area contributed by atoms with Gasteiger partial charge in [-0.15, -0.1) is 0 Å². The van der Waals surface area contributed by atoms with Crippen LogP contribution in [0, 0.1) is 10.1 Å². The van der Waals surface area contributed by atoms with Crippen LogP contribution in [-0.4, -0.2) is 17.5 Å². The summed E-state index contributed by atoms with van der Waals surface area (Å²) in [7, 11) is 0. The molecule has 0 saturated heterocycles. The lowest BCUT2D eigenvalue weighted by atomic mass is 10.2. The Morgan fingerprint density at radius 2 is 1.95 bits per heavy atom. The third-order valence-corrected chi connectivity index (χ3v) is 3.19. The van der Waals surface area contributed by atoms with Gasteiger partial charge in [-0.05, 0) is 23.8 Å². The lowest BCUT2D eigenvalue weighted by Crippen LogP contribution is -2.15. The van der Waals surface area contributed by atoms with Gasteiger partial charge in [0.2, 0.25) is 0 Å². The molecule has 0 spiro atoms. The van der Waals surface area contributed by atoms with Crippen LogP contribution in [0.25, 0.3) is 0 Å². The predicted octanol–water partition coefficient (Wildman–Crippen LogP) is 3.48. The van der Waals surface area contributed by atoms with Gasteiger partial charge in [-0.25, -0.2) is 4.79 Å². The standard InChI is InChI=1S/C15H12BrNO5/c16-12-5-3-4-11(8-12)9-22-15(18)10-21-14-7-2-1-6-13(14)17(19)20/h1-8H,9-10H2. The molecule has 2 rings (SSSR count). The van der Waals surface area contributed by atoms with E-state index in [1.807, 2.05) is 24.3 Å². The highest BCUT2D eigenvalue weighted by Crippen LogP contribution is 2.25. The van der Waals surface area contributed by atoms with Crippen molar-refractivity contribution in [3.05, 3.63) is 68.7 Å². The van der Waals surface area contributed by atoms with E-state index in [2.05, 4.69) is 15.9 Å². The number of carbonyl (C=O) groups is 1. The molecule has 114 valence electrons. The number of ether oxygens (including phenoxy) is 2. The van der Waals surface area contributed by atoms with E-state index in [-0.39, 0.29) is 18.0 Å². The molecule has 0 unspecified atom stereocenters. The molecule has 0 atom stereocenters. The van der Waals surface area contributed by atoms with E-state index in [1.165, 1.54) is 18.2 Å². The first-order chi connectivity index (χ1) is 10.6. The van der Waals surface area contributed by atoms with Crippen LogP contribution in [0.1, 0.15) is 5.56 Å². The van der Waals surface area contributed by atoms with Gasteiger partial charge in [0.15, 0.2) is 12.4 Å². The van der Waals surface area contributed by atoms with Crippen molar-refractivity contribution in [2.45, 2.75) is 6.61 Å². The van der Waals surface area contributed by atoms with Crippen LogP contribution in [0.5, 0.6) is 5.75 Å². The Kier molecular flexibility index (Phi) is 5.48. The van der Waals surface area contributed by atoms with Crippen molar-refractivity contribution in [1.82, 2.24) is 0 Å². The van der Waals surface area contributed by atoms with Gasteiger partial charge in [0.25, 0.3) is 0 Å². The van der Waals surface area contributed by atoms with Crippen LogP contribution >= 0.6 is 15.9 Å². The largest absolute Gasteiger partial charge is 0.475 e. The van der Waals surface area contributed by atoms with Crippen LogP contribution in [0.4, 0.5) is 5.69 Å². The zero-order valence-electron chi connectivity index (χ0n) is 11.4. The van der Waals surface area contributed by atoms with Crippen molar-refractivity contribution in [3.8, 4) is 5.75 Å². The average molecular weight is 366 g/mol. The molecule has 0 bridgehead atoms. The van der Waals surface area contributed by atoms with Gasteiger partial charge < -0.3 is 9.47 Å². The third kappa shape index (κ3) is 4.56. The fourth-order valence-electron chi connectivity index (χ4n) is 1.70. The van der Waals surface area contributed by atoms with E-state index in [0.29, 0.717) is 0 Å². The first-order valence-electron chi connectivity index (χ1n) is 6.32. The molecular weight excluding hydrogens is 354 g/mol. The van der Waals surface area contributed by atoms with Gasteiger partial charge in [0.05, 0.1) is 4.92 Å². The minimum absolute atomic E-state index is 0.0342. The molecular formula is C15H12BrNO5. The normalized spacial score (nSPS) is 10.0. The van der Waals surface area contributed by atoms with Gasteiger partial charge >= 0.3 is 11.7 Å². The Labute approximate surface area is 134 Å². The van der Waals surface area contributed by atoms with Crippen LogP contribution in [0.15, 0.2) is 53.0 Å². The highest BCUT2D eigenvalue weighted by atomic mass is 79.9. The minimum Gasteiger partial charge on any atom is -0.475 e. The van der Waals surface area contributed by atoms with Crippen molar-refractivity contribution in [2.24, 2.45) is 0 Å². The molecule has 0 aliphatic heterocycles. The van der Waals surface area contributed by atoms with Gasteiger partial charge in [0.1, 0.15) is 6.61 Å². The number of halogens is 1. The number of para-hydroxylation sites is 2. The summed E-state index contributed by atoms with van der Waals surface area (Å²) in [5.74, 6) is -0.565. The third-order valence-electron chi connectivity index (χ3n) is 2.70. The number of hydrogen-bond donors (Lipinski definition) is 0. The maximum Gasteiger partial charge on any atom is 0.344 e. The molecule has 0 aromatic heterocycles. The zero-order valence-corrected chi connectivity index (χ0v) is 13.0. The molecule has 0 heterocycles. The predicted molar refractivity (Wildman–Crippen MR) is 82.5 cm³/mol. The van der Waals surface area contributed by atoms with Crippen molar-refractivity contribution >= 4 is 27.6 Å². The Hall–Kier alpha value is -2.41. The van der Waals surface area contributed by atoms with E-state index in [1.54, 1.807) is 6.07 Å². The monoisotopic (exact) mass is 365 g/mol. The molecule has 2 aromatic rings. The summed E-state index contributed by atoms with van der Waals surface area (Å²) in [4.78, 5) is 21.9. The summed E-state index contributed by atoms with van der Waals surface area (Å²) in [5.41, 5.74) is 0.635. The van der Waals surface area contributed by atoms with Crippen LogP contribution < -0.4 is 4.74 Å². The quantitative estimate of drug-likeness (QED) is 0.444. The number of benzene rings is 2. The highest BCUT2D eigenvalue weighted by Gasteiger charge is 2.15. The van der Waals surface area contributed by atoms with Gasteiger partial charge in [0, 0.05) is 10.5 Å². The summed E-state index contributed by atoms with van der Waals surface area (Å²) < 4.78 is 11.1. The number of esters is 1. The number of hydrogen-bond acceptors (Lipinski definition) is 5. The molecule has 0 saturated carbocycles. The van der Waals surface area contributed by atoms with Crippen molar-refractivity contribution in [2.75, 3.05) is 6.61 Å².